The molecule has 0 saturated carbocycles. The van der Waals surface area contributed by atoms with Gasteiger partial charge >= 0.3 is 0 Å². The second-order valence-electron chi connectivity index (χ2n) is 2.98. The lowest BCUT2D eigenvalue weighted by atomic mass is 10.2. The van der Waals surface area contributed by atoms with Crippen LogP contribution in [0.4, 0.5) is 5.69 Å². The minimum absolute atomic E-state index is 0.540. The van der Waals surface area contributed by atoms with Crippen LogP contribution < -0.4 is 10.5 Å². The molecule has 0 saturated heterocycles. The monoisotopic (exact) mass is 259 g/mol. The van der Waals surface area contributed by atoms with E-state index in [9.17, 15) is 0 Å². The number of hydrogen-bond acceptors (Lipinski definition) is 3. The number of halogens is 1. The third kappa shape index (κ3) is 2.89. The molecule has 0 unspecified atom stereocenters. The first-order valence-electron chi connectivity index (χ1n) is 4.32. The van der Waals surface area contributed by atoms with Gasteiger partial charge in [0, 0.05) is 12.8 Å². The van der Waals surface area contributed by atoms with E-state index in [4.69, 9.17) is 15.2 Å². The average Bonchev–Trinajstić information content (AvgIpc) is 2.14. The molecule has 1 rings (SSSR count). The predicted molar refractivity (Wildman–Crippen MR) is 60.7 cm³/mol. The lowest BCUT2D eigenvalue weighted by Crippen LogP contribution is -2.05. The van der Waals surface area contributed by atoms with Crippen LogP contribution in [0.1, 0.15) is 5.56 Å². The molecule has 4 heteroatoms. The summed E-state index contributed by atoms with van der Waals surface area (Å²) in [4.78, 5) is 0. The van der Waals surface area contributed by atoms with Crippen molar-refractivity contribution in [3.63, 3.8) is 0 Å². The number of benzene rings is 1. The fourth-order valence-corrected chi connectivity index (χ4v) is 1.49. The van der Waals surface area contributed by atoms with Crippen LogP contribution in [0.3, 0.4) is 0 Å². The number of nitrogens with two attached hydrogens (primary N) is 1. The van der Waals surface area contributed by atoms with Gasteiger partial charge in [-0.1, -0.05) is 0 Å². The Balaban J connectivity index is 2.72. The topological polar surface area (TPSA) is 44.5 Å². The molecule has 0 spiro atoms. The molecule has 14 heavy (non-hydrogen) atoms. The summed E-state index contributed by atoms with van der Waals surface area (Å²) in [6.07, 6.45) is 0. The van der Waals surface area contributed by atoms with Crippen molar-refractivity contribution in [3.05, 3.63) is 22.2 Å². The van der Waals surface area contributed by atoms with Crippen molar-refractivity contribution in [2.24, 2.45) is 0 Å². The normalized spacial score (nSPS) is 10.2. The highest BCUT2D eigenvalue weighted by atomic mass is 79.9. The molecule has 1 aromatic carbocycles. The summed E-state index contributed by atoms with van der Waals surface area (Å²) in [5.74, 6) is 0.800. The summed E-state index contributed by atoms with van der Waals surface area (Å²) < 4.78 is 11.2. The Labute approximate surface area is 92.3 Å². The molecule has 0 amide bonds. The highest BCUT2D eigenvalue weighted by molar-refractivity contribution is 9.10. The van der Waals surface area contributed by atoms with Crippen molar-refractivity contribution in [1.82, 2.24) is 0 Å². The number of rotatable bonds is 4. The first-order valence-corrected chi connectivity index (χ1v) is 5.12. The molecule has 3 nitrogen and oxygen atoms in total. The number of methoxy groups -OCH3 is 1. The predicted octanol–water partition coefficient (Wildman–Crippen LogP) is 2.36. The van der Waals surface area contributed by atoms with Gasteiger partial charge in [-0.3, -0.25) is 0 Å². The molecule has 78 valence electrons. The van der Waals surface area contributed by atoms with Gasteiger partial charge in [-0.25, -0.2) is 0 Å². The summed E-state index contributed by atoms with van der Waals surface area (Å²) in [5.41, 5.74) is 7.51. The van der Waals surface area contributed by atoms with Crippen LogP contribution in [0.5, 0.6) is 5.75 Å². The number of aryl methyl sites for hydroxylation is 1. The largest absolute Gasteiger partial charge is 0.490 e. The van der Waals surface area contributed by atoms with E-state index in [1.54, 1.807) is 7.11 Å². The lowest BCUT2D eigenvalue weighted by Gasteiger charge is -2.10. The van der Waals surface area contributed by atoms with E-state index in [1.807, 2.05) is 19.1 Å². The average molecular weight is 260 g/mol. The van der Waals surface area contributed by atoms with Crippen molar-refractivity contribution in [2.75, 3.05) is 26.1 Å². The van der Waals surface area contributed by atoms with E-state index < -0.39 is 0 Å². The van der Waals surface area contributed by atoms with Gasteiger partial charge in [0.05, 0.1) is 11.1 Å². The number of hydrogen-bond donors (Lipinski definition) is 1. The van der Waals surface area contributed by atoms with Crippen molar-refractivity contribution < 1.29 is 9.47 Å². The quantitative estimate of drug-likeness (QED) is 0.667. The van der Waals surface area contributed by atoms with E-state index in [0.717, 1.165) is 21.5 Å². The van der Waals surface area contributed by atoms with Crippen LogP contribution in [0.25, 0.3) is 0 Å². The van der Waals surface area contributed by atoms with Crippen LogP contribution in [0, 0.1) is 6.92 Å². The summed E-state index contributed by atoms with van der Waals surface area (Å²) in [6, 6.07) is 3.76. The summed E-state index contributed by atoms with van der Waals surface area (Å²) >= 11 is 3.39. The van der Waals surface area contributed by atoms with Crippen molar-refractivity contribution in [2.45, 2.75) is 6.92 Å². The molecule has 0 atom stereocenters. The Morgan fingerprint density at radius 2 is 2.07 bits per heavy atom. The zero-order valence-electron chi connectivity index (χ0n) is 8.34. The number of ether oxygens (including phenoxy) is 2. The molecule has 1 aromatic rings. The SMILES string of the molecule is COCCOc1cc(C)c(N)cc1Br. The molecule has 0 aromatic heterocycles. The first-order chi connectivity index (χ1) is 6.65. The van der Waals surface area contributed by atoms with Gasteiger partial charge in [-0.05, 0) is 40.5 Å². The minimum atomic E-state index is 0.540. The number of nitrogen functional groups attached to an aromatic ring is 1. The van der Waals surface area contributed by atoms with Crippen molar-refractivity contribution in [3.8, 4) is 5.75 Å². The molecule has 0 fully saturated rings. The van der Waals surface area contributed by atoms with E-state index in [1.165, 1.54) is 0 Å². The van der Waals surface area contributed by atoms with Gasteiger partial charge in [0.15, 0.2) is 0 Å². The Kier molecular flexibility index (Phi) is 4.22. The van der Waals surface area contributed by atoms with Gasteiger partial charge in [-0.2, -0.15) is 0 Å². The molecular formula is C10H14BrNO2. The maximum Gasteiger partial charge on any atom is 0.134 e. The molecule has 0 radical (unpaired) electrons. The molecule has 0 aliphatic carbocycles. The Morgan fingerprint density at radius 3 is 2.71 bits per heavy atom. The van der Waals surface area contributed by atoms with Crippen LogP contribution >= 0.6 is 15.9 Å². The van der Waals surface area contributed by atoms with E-state index in [-0.39, 0.29) is 0 Å². The van der Waals surface area contributed by atoms with Gasteiger partial charge in [-0.15, -0.1) is 0 Å². The maximum absolute atomic E-state index is 5.73. The minimum Gasteiger partial charge on any atom is -0.490 e. The lowest BCUT2D eigenvalue weighted by molar-refractivity contribution is 0.146. The number of anilines is 1. The highest BCUT2D eigenvalue weighted by Gasteiger charge is 2.04. The molecular weight excluding hydrogens is 246 g/mol. The Hall–Kier alpha value is -0.740. The van der Waals surface area contributed by atoms with Crippen LogP contribution in [0.15, 0.2) is 16.6 Å². The van der Waals surface area contributed by atoms with Crippen LogP contribution in [-0.2, 0) is 4.74 Å². The summed E-state index contributed by atoms with van der Waals surface area (Å²) in [5, 5.41) is 0. The third-order valence-electron chi connectivity index (χ3n) is 1.87. The highest BCUT2D eigenvalue weighted by Crippen LogP contribution is 2.29. The Morgan fingerprint density at radius 1 is 1.36 bits per heavy atom. The molecule has 2 N–H and O–H groups in total. The zero-order valence-corrected chi connectivity index (χ0v) is 9.93. The van der Waals surface area contributed by atoms with Gasteiger partial charge in [0.25, 0.3) is 0 Å². The van der Waals surface area contributed by atoms with Crippen molar-refractivity contribution in [1.29, 1.82) is 0 Å². The molecule has 0 aliphatic rings. The van der Waals surface area contributed by atoms with Gasteiger partial charge in [0.2, 0.25) is 0 Å². The second-order valence-corrected chi connectivity index (χ2v) is 3.83. The fourth-order valence-electron chi connectivity index (χ4n) is 1.02. The van der Waals surface area contributed by atoms with Crippen LogP contribution in [0.2, 0.25) is 0 Å². The zero-order chi connectivity index (χ0) is 10.6. The first kappa shape index (κ1) is 11.3. The van der Waals surface area contributed by atoms with E-state index in [0.29, 0.717) is 13.2 Å². The fraction of sp³-hybridized carbons (Fsp3) is 0.400. The second kappa shape index (κ2) is 5.22. The third-order valence-corrected chi connectivity index (χ3v) is 2.49. The van der Waals surface area contributed by atoms with Gasteiger partial charge < -0.3 is 15.2 Å². The van der Waals surface area contributed by atoms with Gasteiger partial charge in [0.1, 0.15) is 12.4 Å². The smallest absolute Gasteiger partial charge is 0.134 e. The van der Waals surface area contributed by atoms with E-state index >= 15 is 0 Å². The molecule has 0 aliphatic heterocycles. The standard InChI is InChI=1S/C10H14BrNO2/c1-7-5-10(14-4-3-13-2)8(11)6-9(7)12/h5-6H,3-4,12H2,1-2H3. The Bertz CT molecular complexity index is 315. The van der Waals surface area contributed by atoms with E-state index in [2.05, 4.69) is 15.9 Å². The molecule has 0 bridgehead atoms. The summed E-state index contributed by atoms with van der Waals surface area (Å²) in [6.45, 7) is 3.07. The van der Waals surface area contributed by atoms with Crippen LogP contribution in [-0.4, -0.2) is 20.3 Å². The summed E-state index contributed by atoms with van der Waals surface area (Å²) in [7, 11) is 1.65. The van der Waals surface area contributed by atoms with Crippen molar-refractivity contribution >= 4 is 21.6 Å². The molecule has 0 heterocycles. The maximum atomic E-state index is 5.73.